The molecule has 0 radical (unpaired) electrons. The number of aryl methyl sites for hydroxylation is 1. The monoisotopic (exact) mass is 434 g/mol. The first-order valence-corrected chi connectivity index (χ1v) is 11.7. The van der Waals surface area contributed by atoms with Crippen molar-refractivity contribution < 1.29 is 9.59 Å². The molecule has 4 nitrogen and oxygen atoms in total. The summed E-state index contributed by atoms with van der Waals surface area (Å²) < 4.78 is 0. The summed E-state index contributed by atoms with van der Waals surface area (Å²) in [6.07, 6.45) is 2.62. The zero-order valence-electron chi connectivity index (χ0n) is 20.6. The third-order valence-electron chi connectivity index (χ3n) is 6.60. The molecule has 2 aromatic rings. The number of piperidine rings is 1. The van der Waals surface area contributed by atoms with Gasteiger partial charge < -0.3 is 9.80 Å². The minimum Gasteiger partial charge on any atom is -0.348 e. The maximum Gasteiger partial charge on any atom is 0.228 e. The number of hydrogen-bond acceptors (Lipinski definition) is 2. The van der Waals surface area contributed by atoms with Crippen LogP contribution in [0, 0.1) is 17.8 Å². The Kier molecular flexibility index (Phi) is 7.12. The molecule has 1 saturated heterocycles. The lowest BCUT2D eigenvalue weighted by Gasteiger charge is -2.43. The molecule has 1 aliphatic heterocycles. The third kappa shape index (κ3) is 5.40. The first-order valence-electron chi connectivity index (χ1n) is 11.7. The number of rotatable bonds is 5. The fourth-order valence-corrected chi connectivity index (χ4v) is 4.87. The molecule has 0 aliphatic carbocycles. The molecule has 1 fully saturated rings. The summed E-state index contributed by atoms with van der Waals surface area (Å²) in [7, 11) is 3.68. The Bertz CT molecular complexity index is 963. The van der Waals surface area contributed by atoms with Gasteiger partial charge in [-0.2, -0.15) is 0 Å². The number of hydrogen-bond donors (Lipinski definition) is 0. The summed E-state index contributed by atoms with van der Waals surface area (Å²) >= 11 is 0. The van der Waals surface area contributed by atoms with E-state index in [1.807, 2.05) is 19.0 Å². The highest BCUT2D eigenvalue weighted by molar-refractivity contribution is 5.84. The number of likely N-dealkylation sites (tertiary alicyclic amines) is 1. The molecule has 4 heteroatoms. The van der Waals surface area contributed by atoms with E-state index < -0.39 is 5.41 Å². The van der Waals surface area contributed by atoms with E-state index >= 15 is 0 Å². The molecule has 2 amide bonds. The Balaban J connectivity index is 1.89. The van der Waals surface area contributed by atoms with Gasteiger partial charge in [-0.3, -0.25) is 9.59 Å². The van der Waals surface area contributed by atoms with E-state index in [1.165, 1.54) is 22.3 Å². The van der Waals surface area contributed by atoms with Crippen LogP contribution in [0.15, 0.2) is 48.5 Å². The number of carbonyl (C=O) groups is 2. The van der Waals surface area contributed by atoms with Crippen LogP contribution in [0.3, 0.4) is 0 Å². The molecule has 0 bridgehead atoms. The number of benzene rings is 2. The van der Waals surface area contributed by atoms with E-state index in [-0.39, 0.29) is 17.2 Å². The van der Waals surface area contributed by atoms with Crippen molar-refractivity contribution in [2.75, 3.05) is 27.2 Å². The van der Waals surface area contributed by atoms with Crippen molar-refractivity contribution in [2.24, 2.45) is 10.8 Å². The summed E-state index contributed by atoms with van der Waals surface area (Å²) in [6, 6.07) is 16.9. The van der Waals surface area contributed by atoms with E-state index in [2.05, 4.69) is 76.2 Å². The molecule has 2 aromatic carbocycles. The number of nitrogens with zero attached hydrogens (tertiary/aromatic N) is 2. The first kappa shape index (κ1) is 24.0. The van der Waals surface area contributed by atoms with Crippen LogP contribution in [0.25, 0.3) is 11.1 Å². The second-order valence-corrected chi connectivity index (χ2v) is 10.7. The second-order valence-electron chi connectivity index (χ2n) is 10.7. The highest BCUT2D eigenvalue weighted by Crippen LogP contribution is 2.40. The van der Waals surface area contributed by atoms with Gasteiger partial charge in [-0.15, -0.1) is 0 Å². The molecule has 0 aromatic heterocycles. The van der Waals surface area contributed by atoms with Gasteiger partial charge in [0.1, 0.15) is 0 Å². The van der Waals surface area contributed by atoms with E-state index in [0.717, 1.165) is 0 Å². The maximum atomic E-state index is 13.5. The summed E-state index contributed by atoms with van der Waals surface area (Å²) in [5, 5.41) is 0. The van der Waals surface area contributed by atoms with Gasteiger partial charge in [0.15, 0.2) is 0 Å². The van der Waals surface area contributed by atoms with Crippen LogP contribution >= 0.6 is 0 Å². The van der Waals surface area contributed by atoms with Gasteiger partial charge >= 0.3 is 0 Å². The van der Waals surface area contributed by atoms with E-state index in [4.69, 9.17) is 0 Å². The fraction of sp³-hybridized carbons (Fsp3) is 0.500. The molecule has 1 heterocycles. The smallest absolute Gasteiger partial charge is 0.228 e. The molecule has 0 spiro atoms. The lowest BCUT2D eigenvalue weighted by Crippen LogP contribution is -2.51. The van der Waals surface area contributed by atoms with Crippen molar-refractivity contribution in [3.05, 3.63) is 59.7 Å². The van der Waals surface area contributed by atoms with Gasteiger partial charge in [0, 0.05) is 33.6 Å². The van der Waals surface area contributed by atoms with Crippen LogP contribution in [0.1, 0.15) is 51.2 Å². The van der Waals surface area contributed by atoms with Gasteiger partial charge in [-0.1, -0.05) is 69.3 Å². The van der Waals surface area contributed by atoms with Gasteiger partial charge in [0.05, 0.1) is 5.41 Å². The highest BCUT2D eigenvalue weighted by Gasteiger charge is 2.43. The van der Waals surface area contributed by atoms with Crippen molar-refractivity contribution in [3.63, 3.8) is 0 Å². The second kappa shape index (κ2) is 9.48. The zero-order valence-corrected chi connectivity index (χ0v) is 20.6. The minimum absolute atomic E-state index is 0.0302. The number of carbonyl (C=O) groups excluding carboxylic acids is 2. The van der Waals surface area contributed by atoms with Crippen LogP contribution in [0.4, 0.5) is 0 Å². The third-order valence-corrected chi connectivity index (χ3v) is 6.60. The Morgan fingerprint density at radius 3 is 2.06 bits per heavy atom. The molecular formula is C28H38N2O2. The molecule has 172 valence electrons. The van der Waals surface area contributed by atoms with Crippen molar-refractivity contribution in [2.45, 2.75) is 53.4 Å². The standard InChI is InChI=1S/C28H38N2O2/c1-21-11-7-9-13-23(21)24-14-10-8-12-22(24)19-28(26(32)29(5)6)15-17-30(18-16-28)25(31)20-27(2,3)4/h7-14H,15-20H2,1-6H3. The predicted molar refractivity (Wildman–Crippen MR) is 131 cm³/mol. The van der Waals surface area contributed by atoms with Crippen molar-refractivity contribution in [1.82, 2.24) is 9.80 Å². The van der Waals surface area contributed by atoms with Crippen LogP contribution in [-0.2, 0) is 16.0 Å². The van der Waals surface area contributed by atoms with Crippen LogP contribution < -0.4 is 0 Å². The van der Waals surface area contributed by atoms with Gasteiger partial charge in [-0.05, 0) is 53.9 Å². The largest absolute Gasteiger partial charge is 0.348 e. The molecule has 32 heavy (non-hydrogen) atoms. The van der Waals surface area contributed by atoms with Crippen molar-refractivity contribution in [3.8, 4) is 11.1 Å². The minimum atomic E-state index is -0.485. The van der Waals surface area contributed by atoms with E-state index in [0.29, 0.717) is 38.8 Å². The van der Waals surface area contributed by atoms with Crippen LogP contribution in [-0.4, -0.2) is 48.8 Å². The Hall–Kier alpha value is -2.62. The Morgan fingerprint density at radius 1 is 0.938 bits per heavy atom. The highest BCUT2D eigenvalue weighted by atomic mass is 16.2. The predicted octanol–water partition coefficient (Wildman–Crippen LogP) is 5.34. The lowest BCUT2D eigenvalue weighted by atomic mass is 9.71. The number of amides is 2. The van der Waals surface area contributed by atoms with Crippen molar-refractivity contribution in [1.29, 1.82) is 0 Å². The van der Waals surface area contributed by atoms with Crippen LogP contribution in [0.2, 0.25) is 0 Å². The molecule has 1 aliphatic rings. The average Bonchev–Trinajstić information content (AvgIpc) is 2.73. The quantitative estimate of drug-likeness (QED) is 0.637. The Morgan fingerprint density at radius 2 is 1.50 bits per heavy atom. The molecule has 0 unspecified atom stereocenters. The topological polar surface area (TPSA) is 40.6 Å². The summed E-state index contributed by atoms with van der Waals surface area (Å²) in [6.45, 7) is 9.69. The Labute approximate surface area is 193 Å². The normalized spacial score (nSPS) is 16.0. The van der Waals surface area contributed by atoms with Gasteiger partial charge in [0.25, 0.3) is 0 Å². The SMILES string of the molecule is Cc1ccccc1-c1ccccc1CC1(C(=O)N(C)C)CCN(C(=O)CC(C)(C)C)CC1. The lowest BCUT2D eigenvalue weighted by molar-refractivity contribution is -0.146. The van der Waals surface area contributed by atoms with Crippen LogP contribution in [0.5, 0.6) is 0 Å². The van der Waals surface area contributed by atoms with Crippen molar-refractivity contribution >= 4 is 11.8 Å². The first-order chi connectivity index (χ1) is 15.0. The fourth-order valence-electron chi connectivity index (χ4n) is 4.87. The summed E-state index contributed by atoms with van der Waals surface area (Å²) in [4.78, 5) is 29.9. The summed E-state index contributed by atoms with van der Waals surface area (Å²) in [5.74, 6) is 0.365. The maximum absolute atomic E-state index is 13.5. The molecule has 3 rings (SSSR count). The average molecular weight is 435 g/mol. The van der Waals surface area contributed by atoms with E-state index in [1.54, 1.807) is 4.90 Å². The van der Waals surface area contributed by atoms with Gasteiger partial charge in [0.2, 0.25) is 11.8 Å². The molecule has 0 atom stereocenters. The molecule has 0 N–H and O–H groups in total. The van der Waals surface area contributed by atoms with Gasteiger partial charge in [-0.25, -0.2) is 0 Å². The molecular weight excluding hydrogens is 396 g/mol. The zero-order chi connectivity index (χ0) is 23.5. The molecule has 0 saturated carbocycles. The summed E-state index contributed by atoms with van der Waals surface area (Å²) in [5.41, 5.74) is 4.33. The van der Waals surface area contributed by atoms with E-state index in [9.17, 15) is 9.59 Å².